The van der Waals surface area contributed by atoms with Crippen LogP contribution >= 0.6 is 0 Å². The molecule has 0 unspecified atom stereocenters. The van der Waals surface area contributed by atoms with Gasteiger partial charge >= 0.3 is 0 Å². The first-order valence-electron chi connectivity index (χ1n) is 10.4. The molecule has 0 bridgehead atoms. The molecule has 0 aliphatic heterocycles. The normalized spacial score (nSPS) is 14.8. The highest BCUT2D eigenvalue weighted by Crippen LogP contribution is 2.42. The van der Waals surface area contributed by atoms with E-state index >= 15 is 0 Å². The highest BCUT2D eigenvalue weighted by molar-refractivity contribution is 6.04. The van der Waals surface area contributed by atoms with E-state index in [9.17, 15) is 9.18 Å². The number of nitrogens with one attached hydrogen (secondary N) is 2. The number of halogens is 1. The molecule has 5 rings (SSSR count). The van der Waals surface area contributed by atoms with Crippen molar-refractivity contribution in [1.29, 1.82) is 0 Å². The Morgan fingerprint density at radius 3 is 2.91 bits per heavy atom. The summed E-state index contributed by atoms with van der Waals surface area (Å²) in [5, 5.41) is 14.0. The van der Waals surface area contributed by atoms with E-state index in [4.69, 9.17) is 9.15 Å². The number of ether oxygens (including phenoxy) is 1. The fraction of sp³-hybridized carbons (Fsp3) is 0.273. The Hall–Kier alpha value is -3.79. The Balaban J connectivity index is 1.49. The van der Waals surface area contributed by atoms with E-state index in [1.165, 1.54) is 6.07 Å². The molecule has 2 N–H and O–H groups in total. The summed E-state index contributed by atoms with van der Waals surface area (Å²) in [6.45, 7) is 2.45. The molecule has 0 radical (unpaired) electrons. The van der Waals surface area contributed by atoms with Crippen LogP contribution in [0.3, 0.4) is 0 Å². The maximum Gasteiger partial charge on any atom is 0.291 e. The number of aromatic amines is 1. The minimum absolute atomic E-state index is 0.121. The third kappa shape index (κ3) is 3.58. The molecule has 9 nitrogen and oxygen atoms in total. The average Bonchev–Trinajstić information content (AvgIpc) is 3.51. The quantitative estimate of drug-likeness (QED) is 0.420. The Bertz CT molecular complexity index is 1240. The van der Waals surface area contributed by atoms with Crippen molar-refractivity contribution in [3.63, 3.8) is 0 Å². The van der Waals surface area contributed by atoms with Crippen molar-refractivity contribution in [1.82, 2.24) is 25.0 Å². The molecule has 0 saturated heterocycles. The highest BCUT2D eigenvalue weighted by Gasteiger charge is 2.41. The molecule has 0 spiro atoms. The van der Waals surface area contributed by atoms with Gasteiger partial charge in [0.05, 0.1) is 29.3 Å². The molecular formula is C22H21FN6O3. The van der Waals surface area contributed by atoms with Gasteiger partial charge in [-0.25, -0.2) is 9.67 Å². The van der Waals surface area contributed by atoms with Crippen LogP contribution in [0.25, 0.3) is 22.7 Å². The summed E-state index contributed by atoms with van der Waals surface area (Å²) >= 11 is 0. The number of H-pyrrole nitrogens is 1. The summed E-state index contributed by atoms with van der Waals surface area (Å²) in [7, 11) is 0. The van der Waals surface area contributed by atoms with Crippen LogP contribution in [0.15, 0.2) is 53.3 Å². The minimum atomic E-state index is -0.631. The van der Waals surface area contributed by atoms with Gasteiger partial charge in [-0.1, -0.05) is 6.07 Å². The minimum Gasteiger partial charge on any atom is -0.451 e. The summed E-state index contributed by atoms with van der Waals surface area (Å²) in [4.78, 5) is 16.9. The number of nitrogens with zero attached hydrogens (tertiary/aromatic N) is 4. The lowest BCUT2D eigenvalue weighted by atomic mass is 9.88. The van der Waals surface area contributed by atoms with E-state index in [1.54, 1.807) is 47.5 Å². The predicted molar refractivity (Wildman–Crippen MR) is 113 cm³/mol. The predicted octanol–water partition coefficient (Wildman–Crippen LogP) is 4.19. The molecule has 1 amide bonds. The van der Waals surface area contributed by atoms with Crippen LogP contribution in [0.2, 0.25) is 0 Å². The van der Waals surface area contributed by atoms with E-state index in [2.05, 4.69) is 25.6 Å². The van der Waals surface area contributed by atoms with Crippen LogP contribution in [0, 0.1) is 5.95 Å². The Morgan fingerprint density at radius 1 is 1.34 bits per heavy atom. The van der Waals surface area contributed by atoms with Crippen molar-refractivity contribution in [3.8, 4) is 22.7 Å². The summed E-state index contributed by atoms with van der Waals surface area (Å²) in [5.74, 6) is -0.462. The van der Waals surface area contributed by atoms with Gasteiger partial charge in [0.15, 0.2) is 11.5 Å². The number of pyridine rings is 1. The molecule has 0 atom stereocenters. The number of hydrogen-bond acceptors (Lipinski definition) is 6. The molecule has 1 saturated carbocycles. The van der Waals surface area contributed by atoms with Gasteiger partial charge in [-0.2, -0.15) is 14.6 Å². The number of carbonyl (C=O) groups excluding carboxylic acids is 1. The lowest BCUT2D eigenvalue weighted by Gasteiger charge is -2.41. The number of hydrogen-bond donors (Lipinski definition) is 2. The monoisotopic (exact) mass is 436 g/mol. The fourth-order valence-corrected chi connectivity index (χ4v) is 3.78. The lowest BCUT2D eigenvalue weighted by molar-refractivity contribution is -0.165. The van der Waals surface area contributed by atoms with Gasteiger partial charge in [-0.05, 0) is 50.5 Å². The Morgan fingerprint density at radius 2 is 2.22 bits per heavy atom. The van der Waals surface area contributed by atoms with Gasteiger partial charge < -0.3 is 14.5 Å². The molecule has 164 valence electrons. The number of amides is 1. The van der Waals surface area contributed by atoms with Crippen LogP contribution in [0.5, 0.6) is 0 Å². The second kappa shape index (κ2) is 8.04. The highest BCUT2D eigenvalue weighted by atomic mass is 19.1. The molecule has 4 heterocycles. The summed E-state index contributed by atoms with van der Waals surface area (Å²) in [6.07, 6.45) is 7.59. The van der Waals surface area contributed by atoms with E-state index in [0.29, 0.717) is 29.4 Å². The first-order valence-corrected chi connectivity index (χ1v) is 10.4. The molecule has 1 aliphatic rings. The van der Waals surface area contributed by atoms with Gasteiger partial charge in [0.25, 0.3) is 5.91 Å². The van der Waals surface area contributed by atoms with Crippen molar-refractivity contribution in [2.24, 2.45) is 0 Å². The van der Waals surface area contributed by atoms with Crippen LogP contribution in [-0.2, 0) is 10.5 Å². The number of aromatic nitrogens is 5. The first-order chi connectivity index (χ1) is 15.6. The molecule has 1 fully saturated rings. The van der Waals surface area contributed by atoms with Gasteiger partial charge in [0.1, 0.15) is 11.5 Å². The number of furan rings is 1. The standard InChI is InChI=1S/C22H21FN6O3/c1-2-31-22(9-4-10-22)29-13-16(20(28-29)15-5-3-6-19(23)26-15)27-21(30)18-8-7-17(32-18)14-11-24-25-12-14/h3,5-8,11-13H,2,4,9-10H2,1H3,(H,24,25)(H,27,30). The van der Waals surface area contributed by atoms with E-state index in [1.807, 2.05) is 6.92 Å². The molecule has 0 aromatic carbocycles. The maximum atomic E-state index is 13.8. The zero-order valence-corrected chi connectivity index (χ0v) is 17.3. The lowest BCUT2D eigenvalue weighted by Crippen LogP contribution is -2.43. The van der Waals surface area contributed by atoms with Crippen molar-refractivity contribution in [2.45, 2.75) is 31.9 Å². The smallest absolute Gasteiger partial charge is 0.291 e. The molecule has 4 aromatic heterocycles. The first kappa shape index (κ1) is 20.1. The summed E-state index contributed by atoms with van der Waals surface area (Å²) < 4.78 is 27.2. The summed E-state index contributed by atoms with van der Waals surface area (Å²) in [5.41, 5.74) is 1.21. The molecule has 10 heteroatoms. The average molecular weight is 436 g/mol. The van der Waals surface area contributed by atoms with Crippen LogP contribution in [-0.4, -0.2) is 37.5 Å². The summed E-state index contributed by atoms with van der Waals surface area (Å²) in [6, 6.07) is 7.72. The Labute approximate surface area is 182 Å². The number of carbonyl (C=O) groups is 1. The van der Waals surface area contributed by atoms with Gasteiger partial charge in [0.2, 0.25) is 5.95 Å². The zero-order valence-electron chi connectivity index (χ0n) is 17.3. The van der Waals surface area contributed by atoms with Crippen LogP contribution in [0.4, 0.5) is 10.1 Å². The third-order valence-corrected chi connectivity index (χ3v) is 5.50. The number of anilines is 1. The molecule has 1 aliphatic carbocycles. The van der Waals surface area contributed by atoms with Crippen LogP contribution < -0.4 is 5.32 Å². The van der Waals surface area contributed by atoms with Gasteiger partial charge in [-0.15, -0.1) is 0 Å². The van der Waals surface area contributed by atoms with Crippen molar-refractivity contribution < 1.29 is 18.3 Å². The largest absolute Gasteiger partial charge is 0.451 e. The Kier molecular flexibility index (Phi) is 5.06. The van der Waals surface area contributed by atoms with Crippen molar-refractivity contribution >= 4 is 11.6 Å². The second-order valence-corrected chi connectivity index (χ2v) is 7.52. The number of rotatable bonds is 7. The third-order valence-electron chi connectivity index (χ3n) is 5.50. The van der Waals surface area contributed by atoms with E-state index < -0.39 is 17.6 Å². The molecule has 4 aromatic rings. The fourth-order valence-electron chi connectivity index (χ4n) is 3.78. The molecule has 32 heavy (non-hydrogen) atoms. The maximum absolute atomic E-state index is 13.8. The SMILES string of the molecule is CCOC1(n2cc(NC(=O)c3ccc(-c4cn[nH]c4)o3)c(-c3cccc(F)n3)n2)CCC1. The van der Waals surface area contributed by atoms with Crippen molar-refractivity contribution in [3.05, 3.63) is 60.6 Å². The van der Waals surface area contributed by atoms with Gasteiger partial charge in [-0.3, -0.25) is 9.89 Å². The topological polar surface area (TPSA) is 111 Å². The zero-order chi connectivity index (χ0) is 22.1. The van der Waals surface area contributed by atoms with Crippen molar-refractivity contribution in [2.75, 3.05) is 11.9 Å². The van der Waals surface area contributed by atoms with E-state index in [0.717, 1.165) is 24.8 Å². The second-order valence-electron chi connectivity index (χ2n) is 7.52. The molecular weight excluding hydrogens is 415 g/mol. The van der Waals surface area contributed by atoms with Gasteiger partial charge in [0, 0.05) is 12.8 Å². The van der Waals surface area contributed by atoms with Crippen LogP contribution in [0.1, 0.15) is 36.7 Å². The van der Waals surface area contributed by atoms with E-state index in [-0.39, 0.29) is 5.76 Å².